The Morgan fingerprint density at radius 3 is 2.43 bits per heavy atom. The molecule has 0 saturated heterocycles. The summed E-state index contributed by atoms with van der Waals surface area (Å²) in [6.07, 6.45) is 0. The van der Waals surface area contributed by atoms with Crippen LogP contribution >= 0.6 is 22.7 Å². The van der Waals surface area contributed by atoms with Crippen molar-refractivity contribution in [1.82, 2.24) is 14.1 Å². The number of carbonyl (C=O) groups is 1. The summed E-state index contributed by atoms with van der Waals surface area (Å²) in [5.41, 5.74) is 7.20. The summed E-state index contributed by atoms with van der Waals surface area (Å²) >= 11 is 2.48. The molecule has 8 heteroatoms. The second-order valence-corrected chi connectivity index (χ2v) is 8.95. The first-order chi connectivity index (χ1) is 14.3. The van der Waals surface area contributed by atoms with Gasteiger partial charge in [0.25, 0.3) is 0 Å². The lowest BCUT2D eigenvalue weighted by atomic mass is 10.2. The molecule has 0 fully saturated rings. The van der Waals surface area contributed by atoms with Crippen LogP contribution in [0, 0.1) is 27.7 Å². The largest absolute Gasteiger partial charge is 0.318 e. The summed E-state index contributed by atoms with van der Waals surface area (Å²) in [5, 5.41) is 7.03. The molecular formula is C22H22N4O2S2. The third kappa shape index (κ3) is 3.88. The first kappa shape index (κ1) is 20.3. The molecule has 0 aliphatic heterocycles. The van der Waals surface area contributed by atoms with Crippen molar-refractivity contribution in [3.8, 4) is 16.9 Å². The number of benzene rings is 1. The smallest absolute Gasteiger partial charge is 0.307 e. The van der Waals surface area contributed by atoms with Gasteiger partial charge in [0.15, 0.2) is 5.13 Å². The predicted molar refractivity (Wildman–Crippen MR) is 123 cm³/mol. The van der Waals surface area contributed by atoms with Crippen LogP contribution in [0.1, 0.15) is 22.6 Å². The normalized spacial score (nSPS) is 11.1. The number of anilines is 1. The van der Waals surface area contributed by atoms with Crippen LogP contribution < -0.4 is 10.2 Å². The van der Waals surface area contributed by atoms with Gasteiger partial charge in [0.05, 0.1) is 5.69 Å². The summed E-state index contributed by atoms with van der Waals surface area (Å²) in [7, 11) is 0. The molecule has 0 bridgehead atoms. The van der Waals surface area contributed by atoms with Crippen LogP contribution in [-0.4, -0.2) is 20.0 Å². The fourth-order valence-corrected chi connectivity index (χ4v) is 4.93. The van der Waals surface area contributed by atoms with Gasteiger partial charge in [-0.25, -0.2) is 4.98 Å². The number of aromatic nitrogens is 3. The van der Waals surface area contributed by atoms with Gasteiger partial charge in [-0.05, 0) is 45.9 Å². The lowest BCUT2D eigenvalue weighted by molar-refractivity contribution is -0.116. The van der Waals surface area contributed by atoms with E-state index in [1.54, 1.807) is 5.38 Å². The molecule has 0 radical (unpaired) electrons. The Balaban J connectivity index is 1.56. The van der Waals surface area contributed by atoms with E-state index in [-0.39, 0.29) is 17.3 Å². The van der Waals surface area contributed by atoms with Gasteiger partial charge in [0.1, 0.15) is 6.54 Å². The van der Waals surface area contributed by atoms with Crippen molar-refractivity contribution in [1.29, 1.82) is 0 Å². The van der Waals surface area contributed by atoms with Crippen LogP contribution in [-0.2, 0) is 11.3 Å². The van der Waals surface area contributed by atoms with Gasteiger partial charge < -0.3 is 9.88 Å². The lowest BCUT2D eigenvalue weighted by Crippen LogP contribution is -2.25. The molecule has 4 aromatic rings. The van der Waals surface area contributed by atoms with E-state index in [1.807, 2.05) is 12.3 Å². The number of hydrogen-bond acceptors (Lipinski definition) is 5. The standard InChI is InChI=1S/C22H22N4O2S2/c1-13-5-7-17(8-6-13)26-14(2)9-18(16(26)4)19-12-29-21(23-19)24-20(27)10-25-15(3)11-30-22(25)28/h5-9,11-12H,10H2,1-4H3,(H,23,24,27). The minimum atomic E-state index is -0.260. The highest BCUT2D eigenvalue weighted by molar-refractivity contribution is 7.14. The highest BCUT2D eigenvalue weighted by Crippen LogP contribution is 2.31. The second-order valence-electron chi connectivity index (χ2n) is 7.27. The number of thiazole rings is 2. The summed E-state index contributed by atoms with van der Waals surface area (Å²) in [5.74, 6) is -0.260. The van der Waals surface area contributed by atoms with E-state index in [4.69, 9.17) is 0 Å². The zero-order chi connectivity index (χ0) is 21.4. The second kappa shape index (κ2) is 8.04. The molecular weight excluding hydrogens is 416 g/mol. The lowest BCUT2D eigenvalue weighted by Gasteiger charge is -2.10. The maximum Gasteiger partial charge on any atom is 0.307 e. The Bertz CT molecular complexity index is 1280. The van der Waals surface area contributed by atoms with Gasteiger partial charge in [0.2, 0.25) is 5.91 Å². The van der Waals surface area contributed by atoms with Crippen molar-refractivity contribution in [2.45, 2.75) is 34.2 Å². The van der Waals surface area contributed by atoms with Crippen molar-refractivity contribution in [2.75, 3.05) is 5.32 Å². The highest BCUT2D eigenvalue weighted by atomic mass is 32.1. The highest BCUT2D eigenvalue weighted by Gasteiger charge is 2.16. The average Bonchev–Trinajstić information content (AvgIpc) is 3.37. The van der Waals surface area contributed by atoms with Crippen LogP contribution in [0.3, 0.4) is 0 Å². The van der Waals surface area contributed by atoms with Gasteiger partial charge in [-0.2, -0.15) is 0 Å². The van der Waals surface area contributed by atoms with Crippen LogP contribution in [0.25, 0.3) is 16.9 Å². The zero-order valence-electron chi connectivity index (χ0n) is 17.2. The van der Waals surface area contributed by atoms with Gasteiger partial charge in [0, 0.05) is 39.1 Å². The van der Waals surface area contributed by atoms with Crippen molar-refractivity contribution >= 4 is 33.7 Å². The molecule has 4 rings (SSSR count). The maximum atomic E-state index is 12.4. The first-order valence-electron chi connectivity index (χ1n) is 9.50. The molecule has 30 heavy (non-hydrogen) atoms. The van der Waals surface area contributed by atoms with Gasteiger partial charge in [-0.15, -0.1) is 11.3 Å². The Morgan fingerprint density at radius 1 is 1.03 bits per heavy atom. The maximum absolute atomic E-state index is 12.4. The van der Waals surface area contributed by atoms with Gasteiger partial charge >= 0.3 is 4.87 Å². The molecule has 0 unspecified atom stereocenters. The van der Waals surface area contributed by atoms with Crippen LogP contribution in [0.5, 0.6) is 0 Å². The van der Waals surface area contributed by atoms with Crippen molar-refractivity contribution in [3.63, 3.8) is 0 Å². The molecule has 0 saturated carbocycles. The number of rotatable bonds is 5. The quantitative estimate of drug-likeness (QED) is 0.491. The van der Waals surface area contributed by atoms with Crippen molar-refractivity contribution in [3.05, 3.63) is 73.4 Å². The molecule has 1 aromatic carbocycles. The zero-order valence-corrected chi connectivity index (χ0v) is 18.9. The van der Waals surface area contributed by atoms with Crippen LogP contribution in [0.4, 0.5) is 5.13 Å². The molecule has 1 N–H and O–H groups in total. The predicted octanol–water partition coefficient (Wildman–Crippen LogP) is 4.70. The van der Waals surface area contributed by atoms with E-state index in [9.17, 15) is 9.59 Å². The molecule has 6 nitrogen and oxygen atoms in total. The molecule has 0 aliphatic carbocycles. The minimum Gasteiger partial charge on any atom is -0.318 e. The monoisotopic (exact) mass is 438 g/mol. The molecule has 154 valence electrons. The Labute approximate surface area is 182 Å². The third-order valence-electron chi connectivity index (χ3n) is 5.03. The summed E-state index contributed by atoms with van der Waals surface area (Å²) in [4.78, 5) is 28.6. The molecule has 1 amide bonds. The van der Waals surface area contributed by atoms with E-state index in [2.05, 4.69) is 66.0 Å². The molecule has 0 aliphatic rings. The molecule has 0 atom stereocenters. The Hall–Kier alpha value is -2.97. The molecule has 3 aromatic heterocycles. The number of hydrogen-bond donors (Lipinski definition) is 1. The van der Waals surface area contributed by atoms with E-state index in [0.717, 1.165) is 45.4 Å². The minimum absolute atomic E-state index is 0.00891. The van der Waals surface area contributed by atoms with Crippen LogP contribution in [0.15, 0.2) is 45.9 Å². The topological polar surface area (TPSA) is 68.9 Å². The van der Waals surface area contributed by atoms with E-state index in [1.165, 1.54) is 21.5 Å². The fourth-order valence-electron chi connectivity index (χ4n) is 3.47. The van der Waals surface area contributed by atoms with E-state index in [0.29, 0.717) is 5.13 Å². The van der Waals surface area contributed by atoms with E-state index < -0.39 is 0 Å². The summed E-state index contributed by atoms with van der Waals surface area (Å²) in [6.45, 7) is 8.03. The fraction of sp³-hybridized carbons (Fsp3) is 0.227. The van der Waals surface area contributed by atoms with Crippen LogP contribution in [0.2, 0.25) is 0 Å². The van der Waals surface area contributed by atoms with Crippen molar-refractivity contribution < 1.29 is 4.79 Å². The Kier molecular flexibility index (Phi) is 5.44. The number of aryl methyl sites for hydroxylation is 3. The third-order valence-corrected chi connectivity index (χ3v) is 6.67. The molecule has 3 heterocycles. The van der Waals surface area contributed by atoms with Gasteiger partial charge in [-0.3, -0.25) is 14.2 Å². The average molecular weight is 439 g/mol. The van der Waals surface area contributed by atoms with Crippen molar-refractivity contribution in [2.24, 2.45) is 0 Å². The molecule has 0 spiro atoms. The number of amides is 1. The van der Waals surface area contributed by atoms with Gasteiger partial charge in [-0.1, -0.05) is 29.0 Å². The Morgan fingerprint density at radius 2 is 1.77 bits per heavy atom. The first-order valence-corrected chi connectivity index (χ1v) is 11.3. The summed E-state index contributed by atoms with van der Waals surface area (Å²) < 4.78 is 3.67. The number of carbonyl (C=O) groups excluding carboxylic acids is 1. The number of nitrogens with zero attached hydrogens (tertiary/aromatic N) is 3. The number of nitrogens with one attached hydrogen (secondary N) is 1. The summed E-state index contributed by atoms with van der Waals surface area (Å²) in [6, 6.07) is 10.5. The van der Waals surface area contributed by atoms with E-state index >= 15 is 0 Å². The SMILES string of the molecule is Cc1ccc(-n2c(C)cc(-c3csc(NC(=O)Cn4c(C)csc4=O)n3)c2C)cc1.